The molecular formula is C14H9Cl2NO4S2. The predicted octanol–water partition coefficient (Wildman–Crippen LogP) is 3.46. The average Bonchev–Trinajstić information content (AvgIpc) is 2.85. The summed E-state index contributed by atoms with van der Waals surface area (Å²) >= 11 is 6.07. The minimum absolute atomic E-state index is 0.0627. The van der Waals surface area contributed by atoms with Crippen molar-refractivity contribution < 1.29 is 16.8 Å². The number of hydrogen-bond donors (Lipinski definition) is 0. The van der Waals surface area contributed by atoms with Gasteiger partial charge in [0, 0.05) is 22.3 Å². The Morgan fingerprint density at radius 1 is 0.870 bits per heavy atom. The van der Waals surface area contributed by atoms with E-state index in [2.05, 4.69) is 0 Å². The smallest absolute Gasteiger partial charge is 0.240 e. The van der Waals surface area contributed by atoms with Gasteiger partial charge in [-0.2, -0.15) is 0 Å². The van der Waals surface area contributed by atoms with Crippen molar-refractivity contribution in [2.24, 2.45) is 0 Å². The lowest BCUT2D eigenvalue weighted by atomic mass is 10.2. The third kappa shape index (κ3) is 2.85. The lowest BCUT2D eigenvalue weighted by Gasteiger charge is -2.07. The maximum absolute atomic E-state index is 12.7. The van der Waals surface area contributed by atoms with Crippen LogP contribution in [0.4, 0.5) is 0 Å². The van der Waals surface area contributed by atoms with E-state index in [0.717, 1.165) is 3.97 Å². The first-order valence-corrected chi connectivity index (χ1v) is 10.4. The Balaban J connectivity index is 2.34. The van der Waals surface area contributed by atoms with E-state index in [1.165, 1.54) is 36.5 Å². The van der Waals surface area contributed by atoms with Crippen molar-refractivity contribution in [1.29, 1.82) is 0 Å². The highest BCUT2D eigenvalue weighted by atomic mass is 35.7. The molecule has 0 fully saturated rings. The second-order valence-corrected chi connectivity index (χ2v) is 9.50. The highest BCUT2D eigenvalue weighted by Gasteiger charge is 2.22. The van der Waals surface area contributed by atoms with Crippen LogP contribution in [0, 0.1) is 0 Å². The summed E-state index contributed by atoms with van der Waals surface area (Å²) in [6.07, 6.45) is 1.24. The van der Waals surface area contributed by atoms with Gasteiger partial charge in [0.2, 0.25) is 0 Å². The summed E-state index contributed by atoms with van der Waals surface area (Å²) in [5.74, 6) is 0. The van der Waals surface area contributed by atoms with E-state index in [-0.39, 0.29) is 20.3 Å². The Hall–Kier alpha value is -1.54. The van der Waals surface area contributed by atoms with Gasteiger partial charge in [-0.3, -0.25) is 0 Å². The molecular weight excluding hydrogens is 381 g/mol. The number of fused-ring (bicyclic) bond motifs is 1. The molecule has 2 aromatic carbocycles. The standard InChI is InChI=1S/C14H9Cl2NO4S2/c15-13-9-17(23(20,21)10-4-2-1-3-5-10)14-8-11(22(16,18)19)6-7-12(13)14/h1-9H. The van der Waals surface area contributed by atoms with Gasteiger partial charge in [0.05, 0.1) is 20.3 Å². The zero-order chi connectivity index (χ0) is 16.8. The summed E-state index contributed by atoms with van der Waals surface area (Å²) in [7, 11) is -2.57. The summed E-state index contributed by atoms with van der Waals surface area (Å²) in [6, 6.07) is 11.6. The number of aromatic nitrogens is 1. The molecule has 0 amide bonds. The Morgan fingerprint density at radius 3 is 2.13 bits per heavy atom. The molecule has 0 saturated heterocycles. The fraction of sp³-hybridized carbons (Fsp3) is 0. The van der Waals surface area contributed by atoms with Gasteiger partial charge in [-0.25, -0.2) is 20.8 Å². The molecule has 0 radical (unpaired) electrons. The highest BCUT2D eigenvalue weighted by Crippen LogP contribution is 2.31. The molecule has 0 saturated carbocycles. The van der Waals surface area contributed by atoms with Crippen LogP contribution < -0.4 is 0 Å². The molecule has 5 nitrogen and oxygen atoms in total. The van der Waals surface area contributed by atoms with Crippen molar-refractivity contribution in [3.8, 4) is 0 Å². The van der Waals surface area contributed by atoms with Crippen molar-refractivity contribution in [2.45, 2.75) is 9.79 Å². The number of hydrogen-bond acceptors (Lipinski definition) is 4. The fourth-order valence-electron chi connectivity index (χ4n) is 2.19. The highest BCUT2D eigenvalue weighted by molar-refractivity contribution is 8.13. The largest absolute Gasteiger partial charge is 0.268 e. The van der Waals surface area contributed by atoms with Gasteiger partial charge < -0.3 is 0 Å². The molecule has 0 unspecified atom stereocenters. The van der Waals surface area contributed by atoms with Crippen LogP contribution in [0.1, 0.15) is 0 Å². The van der Waals surface area contributed by atoms with Crippen LogP contribution in [-0.2, 0) is 19.1 Å². The van der Waals surface area contributed by atoms with Crippen molar-refractivity contribution in [1.82, 2.24) is 3.97 Å². The van der Waals surface area contributed by atoms with E-state index < -0.39 is 19.1 Å². The second kappa shape index (κ2) is 5.52. The van der Waals surface area contributed by atoms with Crippen LogP contribution in [0.15, 0.2) is 64.5 Å². The van der Waals surface area contributed by atoms with Gasteiger partial charge in [-0.15, -0.1) is 0 Å². The average molecular weight is 390 g/mol. The van der Waals surface area contributed by atoms with Crippen molar-refractivity contribution in [3.63, 3.8) is 0 Å². The second-order valence-electron chi connectivity index (χ2n) is 4.71. The molecule has 3 aromatic rings. The summed E-state index contributed by atoms with van der Waals surface area (Å²) in [6.45, 7) is 0. The van der Waals surface area contributed by atoms with Gasteiger partial charge in [0.15, 0.2) is 0 Å². The Morgan fingerprint density at radius 2 is 1.52 bits per heavy atom. The Labute approximate surface area is 142 Å². The van der Waals surface area contributed by atoms with Crippen LogP contribution in [-0.4, -0.2) is 20.8 Å². The zero-order valence-corrected chi connectivity index (χ0v) is 14.5. The molecule has 120 valence electrons. The molecule has 0 N–H and O–H groups in total. The van der Waals surface area contributed by atoms with Crippen LogP contribution >= 0.6 is 22.3 Å². The molecule has 1 heterocycles. The predicted molar refractivity (Wildman–Crippen MR) is 89.0 cm³/mol. The number of halogens is 2. The van der Waals surface area contributed by atoms with Crippen molar-refractivity contribution in [3.05, 3.63) is 59.8 Å². The first-order chi connectivity index (χ1) is 10.7. The van der Waals surface area contributed by atoms with E-state index in [1.807, 2.05) is 0 Å². The molecule has 0 spiro atoms. The SMILES string of the molecule is O=S(=O)(Cl)c1ccc2c(Cl)cn(S(=O)(=O)c3ccccc3)c2c1. The lowest BCUT2D eigenvalue weighted by Crippen LogP contribution is -2.11. The summed E-state index contributed by atoms with van der Waals surface area (Å²) < 4.78 is 49.4. The number of nitrogens with zero attached hydrogens (tertiary/aromatic N) is 1. The normalized spacial score (nSPS) is 12.6. The van der Waals surface area contributed by atoms with Crippen molar-refractivity contribution >= 4 is 52.3 Å². The quantitative estimate of drug-likeness (QED) is 0.642. The molecule has 0 bridgehead atoms. The van der Waals surface area contributed by atoms with E-state index in [0.29, 0.717) is 5.39 Å². The summed E-state index contributed by atoms with van der Waals surface area (Å²) in [5.41, 5.74) is 0.139. The van der Waals surface area contributed by atoms with E-state index in [4.69, 9.17) is 22.3 Å². The first kappa shape index (κ1) is 16.3. The topological polar surface area (TPSA) is 73.2 Å². The monoisotopic (exact) mass is 389 g/mol. The number of rotatable bonds is 3. The fourth-order valence-corrected chi connectivity index (χ4v) is 4.66. The Kier molecular flexibility index (Phi) is 3.92. The Bertz CT molecular complexity index is 1100. The lowest BCUT2D eigenvalue weighted by molar-refractivity contribution is 0.588. The van der Waals surface area contributed by atoms with Gasteiger partial charge in [-0.1, -0.05) is 29.8 Å². The minimum Gasteiger partial charge on any atom is -0.240 e. The van der Waals surface area contributed by atoms with E-state index in [1.54, 1.807) is 18.2 Å². The molecule has 9 heteroatoms. The van der Waals surface area contributed by atoms with Crippen LogP contribution in [0.2, 0.25) is 5.02 Å². The van der Waals surface area contributed by atoms with Gasteiger partial charge in [0.25, 0.3) is 19.1 Å². The summed E-state index contributed by atoms with van der Waals surface area (Å²) in [5, 5.41) is 0.605. The molecule has 0 atom stereocenters. The van der Waals surface area contributed by atoms with Crippen LogP contribution in [0.5, 0.6) is 0 Å². The van der Waals surface area contributed by atoms with Crippen LogP contribution in [0.3, 0.4) is 0 Å². The molecule has 3 rings (SSSR count). The third-order valence-corrected chi connectivity index (χ3v) is 6.62. The first-order valence-electron chi connectivity index (χ1n) is 6.27. The maximum Gasteiger partial charge on any atom is 0.268 e. The molecule has 1 aromatic heterocycles. The van der Waals surface area contributed by atoms with E-state index in [9.17, 15) is 16.8 Å². The summed E-state index contributed by atoms with van der Waals surface area (Å²) in [4.78, 5) is -0.140. The molecule has 23 heavy (non-hydrogen) atoms. The van der Waals surface area contributed by atoms with Gasteiger partial charge >= 0.3 is 0 Å². The molecule has 0 aliphatic heterocycles. The van der Waals surface area contributed by atoms with Gasteiger partial charge in [-0.05, 0) is 30.3 Å². The molecule has 0 aliphatic rings. The number of benzene rings is 2. The van der Waals surface area contributed by atoms with Crippen LogP contribution in [0.25, 0.3) is 10.9 Å². The van der Waals surface area contributed by atoms with Gasteiger partial charge in [0.1, 0.15) is 0 Å². The van der Waals surface area contributed by atoms with Crippen molar-refractivity contribution in [2.75, 3.05) is 0 Å². The molecule has 0 aliphatic carbocycles. The van der Waals surface area contributed by atoms with E-state index >= 15 is 0 Å². The third-order valence-electron chi connectivity index (χ3n) is 3.28. The maximum atomic E-state index is 12.7. The minimum atomic E-state index is -3.99. The zero-order valence-electron chi connectivity index (χ0n) is 11.3.